The summed E-state index contributed by atoms with van der Waals surface area (Å²) in [6, 6.07) is 2.52. The van der Waals surface area contributed by atoms with Crippen molar-refractivity contribution in [2.24, 2.45) is 5.73 Å². The van der Waals surface area contributed by atoms with Gasteiger partial charge >= 0.3 is 5.97 Å². The number of methoxy groups -OCH3 is 1. The molecule has 6 heteroatoms. The number of rotatable bonds is 3. The molecular weight excluding hydrogens is 297 g/mol. The average molecular weight is 309 g/mol. The smallest absolute Gasteiger partial charge is 0.307 e. The standard InChI is InChI=1S/C10H11BrClNO3/c1-16-9(14)4-8(13)6-2-5(11)3-7(12)10(6)15/h2-3,8,15H,4,13H2,1H3/t8-/m1/s1. The largest absolute Gasteiger partial charge is 0.506 e. The quantitative estimate of drug-likeness (QED) is 0.841. The Kier molecular flexibility index (Phi) is 4.58. The molecule has 0 bridgehead atoms. The molecule has 88 valence electrons. The minimum atomic E-state index is -0.651. The Morgan fingerprint density at radius 3 is 2.88 bits per heavy atom. The van der Waals surface area contributed by atoms with Gasteiger partial charge in [-0.2, -0.15) is 0 Å². The number of phenolic OH excluding ortho intramolecular Hbond substituents is 1. The fourth-order valence-electron chi connectivity index (χ4n) is 1.24. The minimum Gasteiger partial charge on any atom is -0.506 e. The number of ether oxygens (including phenoxy) is 1. The van der Waals surface area contributed by atoms with Gasteiger partial charge in [-0.25, -0.2) is 0 Å². The molecule has 0 saturated heterocycles. The molecule has 0 unspecified atom stereocenters. The molecule has 4 nitrogen and oxygen atoms in total. The van der Waals surface area contributed by atoms with E-state index in [0.717, 1.165) is 0 Å². The van der Waals surface area contributed by atoms with Gasteiger partial charge in [-0.05, 0) is 12.1 Å². The highest BCUT2D eigenvalue weighted by atomic mass is 79.9. The van der Waals surface area contributed by atoms with Gasteiger partial charge in [0.25, 0.3) is 0 Å². The van der Waals surface area contributed by atoms with Crippen LogP contribution < -0.4 is 5.73 Å². The Labute approximate surface area is 106 Å². The molecule has 0 spiro atoms. The molecule has 0 aliphatic rings. The minimum absolute atomic E-state index is 0.0170. The molecule has 1 aromatic rings. The summed E-state index contributed by atoms with van der Waals surface area (Å²) in [7, 11) is 1.28. The van der Waals surface area contributed by atoms with E-state index in [0.29, 0.717) is 10.0 Å². The van der Waals surface area contributed by atoms with Crippen LogP contribution in [0, 0.1) is 0 Å². The van der Waals surface area contributed by atoms with E-state index in [9.17, 15) is 9.90 Å². The predicted molar refractivity (Wildman–Crippen MR) is 64.4 cm³/mol. The molecular formula is C10H11BrClNO3. The van der Waals surface area contributed by atoms with E-state index in [1.54, 1.807) is 12.1 Å². The van der Waals surface area contributed by atoms with Crippen LogP contribution in [0.2, 0.25) is 5.02 Å². The van der Waals surface area contributed by atoms with E-state index in [1.807, 2.05) is 0 Å². The SMILES string of the molecule is COC(=O)C[C@@H](N)c1cc(Br)cc(Cl)c1O. The van der Waals surface area contributed by atoms with Crippen LogP contribution in [0.25, 0.3) is 0 Å². The lowest BCUT2D eigenvalue weighted by Gasteiger charge is -2.13. The van der Waals surface area contributed by atoms with E-state index >= 15 is 0 Å². The molecule has 0 fully saturated rings. The highest BCUT2D eigenvalue weighted by molar-refractivity contribution is 9.10. The summed E-state index contributed by atoms with van der Waals surface area (Å²) in [4.78, 5) is 11.0. The van der Waals surface area contributed by atoms with E-state index in [-0.39, 0.29) is 17.2 Å². The highest BCUT2D eigenvalue weighted by Gasteiger charge is 2.17. The van der Waals surface area contributed by atoms with Gasteiger partial charge in [-0.1, -0.05) is 27.5 Å². The first-order valence-corrected chi connectivity index (χ1v) is 5.63. The van der Waals surface area contributed by atoms with Gasteiger partial charge in [0.15, 0.2) is 0 Å². The maximum absolute atomic E-state index is 11.0. The number of benzene rings is 1. The van der Waals surface area contributed by atoms with Gasteiger partial charge in [-0.15, -0.1) is 0 Å². The van der Waals surface area contributed by atoms with Crippen molar-refractivity contribution in [3.05, 3.63) is 27.2 Å². The second-order valence-electron chi connectivity index (χ2n) is 3.21. The predicted octanol–water partition coefficient (Wildman–Crippen LogP) is 2.37. The van der Waals surface area contributed by atoms with E-state index in [4.69, 9.17) is 17.3 Å². The summed E-state index contributed by atoms with van der Waals surface area (Å²) in [6.45, 7) is 0. The number of phenols is 1. The van der Waals surface area contributed by atoms with E-state index in [1.165, 1.54) is 7.11 Å². The first-order valence-electron chi connectivity index (χ1n) is 4.46. The normalized spacial score (nSPS) is 12.2. The van der Waals surface area contributed by atoms with E-state index in [2.05, 4.69) is 20.7 Å². The van der Waals surface area contributed by atoms with Crippen LogP contribution in [0.5, 0.6) is 5.75 Å². The van der Waals surface area contributed by atoms with Gasteiger partial charge < -0.3 is 15.6 Å². The molecule has 0 saturated carbocycles. The molecule has 16 heavy (non-hydrogen) atoms. The van der Waals surface area contributed by atoms with Crippen LogP contribution in [0.3, 0.4) is 0 Å². The number of carbonyl (C=O) groups is 1. The van der Waals surface area contributed by atoms with Gasteiger partial charge in [0, 0.05) is 16.1 Å². The molecule has 3 N–H and O–H groups in total. The zero-order chi connectivity index (χ0) is 12.3. The van der Waals surface area contributed by atoms with E-state index < -0.39 is 12.0 Å². The van der Waals surface area contributed by atoms with Gasteiger partial charge in [-0.3, -0.25) is 4.79 Å². The summed E-state index contributed by atoms with van der Waals surface area (Å²) < 4.78 is 5.18. The van der Waals surface area contributed by atoms with Crippen molar-refractivity contribution < 1.29 is 14.6 Å². The maximum Gasteiger partial charge on any atom is 0.307 e. The van der Waals surface area contributed by atoms with Gasteiger partial charge in [0.2, 0.25) is 0 Å². The summed E-state index contributed by atoms with van der Waals surface area (Å²) in [5.41, 5.74) is 6.18. The zero-order valence-corrected chi connectivity index (χ0v) is 10.9. The molecule has 0 aliphatic carbocycles. The summed E-state index contributed by atoms with van der Waals surface area (Å²) in [5, 5.41) is 9.88. The van der Waals surface area contributed by atoms with Gasteiger partial charge in [0.1, 0.15) is 5.75 Å². The molecule has 0 amide bonds. The molecule has 0 heterocycles. The number of esters is 1. The number of aromatic hydroxyl groups is 1. The van der Waals surface area contributed by atoms with Crippen LogP contribution in [0.4, 0.5) is 0 Å². The number of hydrogen-bond donors (Lipinski definition) is 2. The lowest BCUT2D eigenvalue weighted by Crippen LogP contribution is -2.16. The summed E-state index contributed by atoms with van der Waals surface area (Å²) >= 11 is 9.01. The Balaban J connectivity index is 2.99. The molecule has 1 rings (SSSR count). The second-order valence-corrected chi connectivity index (χ2v) is 4.54. The zero-order valence-electron chi connectivity index (χ0n) is 8.54. The highest BCUT2D eigenvalue weighted by Crippen LogP contribution is 2.35. The van der Waals surface area contributed by atoms with Crippen LogP contribution in [0.15, 0.2) is 16.6 Å². The van der Waals surface area contributed by atoms with Crippen LogP contribution in [-0.2, 0) is 9.53 Å². The number of carbonyl (C=O) groups excluding carboxylic acids is 1. The Morgan fingerprint density at radius 2 is 2.31 bits per heavy atom. The molecule has 0 radical (unpaired) electrons. The summed E-state index contributed by atoms with van der Waals surface area (Å²) in [5.74, 6) is -0.552. The first-order chi connectivity index (χ1) is 7.45. The van der Waals surface area contributed by atoms with Crippen LogP contribution in [0.1, 0.15) is 18.0 Å². The number of hydrogen-bond acceptors (Lipinski definition) is 4. The first kappa shape index (κ1) is 13.3. The third kappa shape index (κ3) is 3.10. The topological polar surface area (TPSA) is 72.5 Å². The molecule has 0 aliphatic heterocycles. The third-order valence-corrected chi connectivity index (χ3v) is 2.82. The van der Waals surface area contributed by atoms with Crippen molar-refractivity contribution in [2.75, 3.05) is 7.11 Å². The molecule has 1 aromatic carbocycles. The van der Waals surface area contributed by atoms with Crippen molar-refractivity contribution in [2.45, 2.75) is 12.5 Å². The third-order valence-electron chi connectivity index (χ3n) is 2.07. The van der Waals surface area contributed by atoms with Crippen LogP contribution >= 0.6 is 27.5 Å². The fourth-order valence-corrected chi connectivity index (χ4v) is 2.08. The Morgan fingerprint density at radius 1 is 1.69 bits per heavy atom. The number of nitrogens with two attached hydrogens (primary N) is 1. The van der Waals surface area contributed by atoms with Crippen molar-refractivity contribution in [3.63, 3.8) is 0 Å². The van der Waals surface area contributed by atoms with Crippen molar-refractivity contribution in [3.8, 4) is 5.75 Å². The Hall–Kier alpha value is -0.780. The maximum atomic E-state index is 11.0. The summed E-state index contributed by atoms with van der Waals surface area (Å²) in [6.07, 6.45) is -0.0170. The van der Waals surface area contributed by atoms with Gasteiger partial charge in [0.05, 0.1) is 18.6 Å². The Bertz CT molecular complexity index is 411. The van der Waals surface area contributed by atoms with Crippen molar-refractivity contribution >= 4 is 33.5 Å². The average Bonchev–Trinajstić information content (AvgIpc) is 2.22. The van der Waals surface area contributed by atoms with Crippen molar-refractivity contribution in [1.82, 2.24) is 0 Å². The second kappa shape index (κ2) is 5.52. The van der Waals surface area contributed by atoms with Crippen LogP contribution in [-0.4, -0.2) is 18.2 Å². The fraction of sp³-hybridized carbons (Fsp3) is 0.300. The monoisotopic (exact) mass is 307 g/mol. The lowest BCUT2D eigenvalue weighted by molar-refractivity contribution is -0.141. The molecule has 1 atom stereocenters. The molecule has 0 aromatic heterocycles. The lowest BCUT2D eigenvalue weighted by atomic mass is 10.0. The van der Waals surface area contributed by atoms with Crippen molar-refractivity contribution in [1.29, 1.82) is 0 Å². The number of halogens is 2.